The highest BCUT2D eigenvalue weighted by molar-refractivity contribution is 7.10. The summed E-state index contributed by atoms with van der Waals surface area (Å²) in [7, 11) is 0. The van der Waals surface area contributed by atoms with Crippen molar-refractivity contribution in [3.8, 4) is 0 Å². The molecule has 4 unspecified atom stereocenters. The zero-order valence-corrected chi connectivity index (χ0v) is 11.7. The van der Waals surface area contributed by atoms with Crippen molar-refractivity contribution in [1.29, 1.82) is 0 Å². The SMILES string of the molecule is CCNC(c1ccsc1C)C1CC2CCC1C2. The summed E-state index contributed by atoms with van der Waals surface area (Å²) in [6.07, 6.45) is 5.97. The fourth-order valence-electron chi connectivity index (χ4n) is 4.13. The van der Waals surface area contributed by atoms with Crippen molar-refractivity contribution in [1.82, 2.24) is 5.32 Å². The first-order valence-corrected chi connectivity index (χ1v) is 7.95. The van der Waals surface area contributed by atoms with Crippen LogP contribution in [0, 0.1) is 24.7 Å². The molecule has 94 valence electrons. The summed E-state index contributed by atoms with van der Waals surface area (Å²) >= 11 is 1.90. The molecule has 0 spiro atoms. The highest BCUT2D eigenvalue weighted by atomic mass is 32.1. The van der Waals surface area contributed by atoms with E-state index in [4.69, 9.17) is 0 Å². The number of fused-ring (bicyclic) bond motifs is 2. The zero-order valence-electron chi connectivity index (χ0n) is 10.9. The quantitative estimate of drug-likeness (QED) is 0.845. The second kappa shape index (κ2) is 4.74. The molecule has 17 heavy (non-hydrogen) atoms. The van der Waals surface area contributed by atoms with Gasteiger partial charge in [-0.15, -0.1) is 11.3 Å². The van der Waals surface area contributed by atoms with Gasteiger partial charge in [0.05, 0.1) is 0 Å². The van der Waals surface area contributed by atoms with E-state index in [1.165, 1.54) is 30.6 Å². The average Bonchev–Trinajstić information content (AvgIpc) is 3.01. The van der Waals surface area contributed by atoms with Crippen LogP contribution >= 0.6 is 11.3 Å². The first-order valence-electron chi connectivity index (χ1n) is 7.07. The van der Waals surface area contributed by atoms with Crippen LogP contribution in [0.25, 0.3) is 0 Å². The molecule has 1 aromatic heterocycles. The van der Waals surface area contributed by atoms with Crippen molar-refractivity contribution in [3.63, 3.8) is 0 Å². The molecule has 1 heterocycles. The van der Waals surface area contributed by atoms with Crippen LogP contribution in [0.2, 0.25) is 0 Å². The Morgan fingerprint density at radius 1 is 1.41 bits per heavy atom. The number of thiophene rings is 1. The lowest BCUT2D eigenvalue weighted by Crippen LogP contribution is -2.31. The molecule has 1 N–H and O–H groups in total. The third-order valence-electron chi connectivity index (χ3n) is 4.88. The number of rotatable bonds is 4. The Labute approximate surface area is 109 Å². The normalized spacial score (nSPS) is 33.2. The minimum atomic E-state index is 0.626. The maximum Gasteiger partial charge on any atom is 0.0362 e. The summed E-state index contributed by atoms with van der Waals surface area (Å²) in [5.41, 5.74) is 1.58. The molecule has 0 saturated heterocycles. The van der Waals surface area contributed by atoms with Gasteiger partial charge in [-0.2, -0.15) is 0 Å². The number of nitrogens with one attached hydrogen (secondary N) is 1. The highest BCUT2D eigenvalue weighted by Gasteiger charge is 2.43. The summed E-state index contributed by atoms with van der Waals surface area (Å²) in [6, 6.07) is 2.97. The predicted octanol–water partition coefficient (Wildman–Crippen LogP) is 4.14. The topological polar surface area (TPSA) is 12.0 Å². The van der Waals surface area contributed by atoms with Gasteiger partial charge >= 0.3 is 0 Å². The van der Waals surface area contributed by atoms with Crippen LogP contribution in [0.3, 0.4) is 0 Å². The van der Waals surface area contributed by atoms with Gasteiger partial charge < -0.3 is 5.32 Å². The van der Waals surface area contributed by atoms with E-state index in [1.807, 2.05) is 11.3 Å². The van der Waals surface area contributed by atoms with Crippen LogP contribution < -0.4 is 5.32 Å². The molecule has 2 aliphatic carbocycles. The van der Waals surface area contributed by atoms with E-state index in [-0.39, 0.29) is 0 Å². The Hall–Kier alpha value is -0.340. The molecule has 2 saturated carbocycles. The number of hydrogen-bond donors (Lipinski definition) is 1. The molecular weight excluding hydrogens is 226 g/mol. The van der Waals surface area contributed by atoms with Gasteiger partial charge in [-0.05, 0) is 67.5 Å². The van der Waals surface area contributed by atoms with Crippen molar-refractivity contribution < 1.29 is 0 Å². The van der Waals surface area contributed by atoms with Gasteiger partial charge in [0, 0.05) is 10.9 Å². The van der Waals surface area contributed by atoms with Crippen molar-refractivity contribution in [2.24, 2.45) is 17.8 Å². The lowest BCUT2D eigenvalue weighted by molar-refractivity contribution is 0.253. The summed E-state index contributed by atoms with van der Waals surface area (Å²) in [6.45, 7) is 5.60. The van der Waals surface area contributed by atoms with E-state index in [2.05, 4.69) is 30.6 Å². The lowest BCUT2D eigenvalue weighted by atomic mass is 9.80. The Morgan fingerprint density at radius 2 is 2.29 bits per heavy atom. The molecule has 0 aliphatic heterocycles. The van der Waals surface area contributed by atoms with Crippen LogP contribution in [-0.4, -0.2) is 6.54 Å². The fourth-order valence-corrected chi connectivity index (χ4v) is 4.88. The van der Waals surface area contributed by atoms with E-state index >= 15 is 0 Å². The van der Waals surface area contributed by atoms with Crippen LogP contribution in [0.4, 0.5) is 0 Å². The zero-order chi connectivity index (χ0) is 11.8. The van der Waals surface area contributed by atoms with Crippen LogP contribution in [0.15, 0.2) is 11.4 Å². The molecule has 0 amide bonds. The maximum absolute atomic E-state index is 3.76. The van der Waals surface area contributed by atoms with E-state index in [0.717, 1.165) is 24.3 Å². The summed E-state index contributed by atoms with van der Waals surface area (Å²) < 4.78 is 0. The number of hydrogen-bond acceptors (Lipinski definition) is 2. The molecule has 1 nitrogen and oxygen atoms in total. The molecular formula is C15H23NS. The second-order valence-electron chi connectivity index (χ2n) is 5.81. The molecule has 3 rings (SSSR count). The average molecular weight is 249 g/mol. The first-order chi connectivity index (χ1) is 8.29. The molecule has 4 atom stereocenters. The molecule has 2 aliphatic rings. The van der Waals surface area contributed by atoms with E-state index in [0.29, 0.717) is 6.04 Å². The third-order valence-corrected chi connectivity index (χ3v) is 5.74. The van der Waals surface area contributed by atoms with Gasteiger partial charge in [0.15, 0.2) is 0 Å². The van der Waals surface area contributed by atoms with Gasteiger partial charge in [0.2, 0.25) is 0 Å². The van der Waals surface area contributed by atoms with Crippen molar-refractivity contribution in [2.45, 2.75) is 45.6 Å². The Kier molecular flexibility index (Phi) is 3.27. The Bertz CT molecular complexity index is 384. The molecule has 2 heteroatoms. The van der Waals surface area contributed by atoms with Crippen LogP contribution in [0.5, 0.6) is 0 Å². The van der Waals surface area contributed by atoms with Gasteiger partial charge in [-0.1, -0.05) is 13.3 Å². The smallest absolute Gasteiger partial charge is 0.0362 e. The van der Waals surface area contributed by atoms with E-state index < -0.39 is 0 Å². The van der Waals surface area contributed by atoms with Gasteiger partial charge in [0.25, 0.3) is 0 Å². The molecule has 2 fully saturated rings. The summed E-state index contributed by atoms with van der Waals surface area (Å²) in [4.78, 5) is 1.51. The molecule has 1 aromatic rings. The maximum atomic E-state index is 3.76. The van der Waals surface area contributed by atoms with Gasteiger partial charge in [-0.3, -0.25) is 0 Å². The predicted molar refractivity (Wildman–Crippen MR) is 74.4 cm³/mol. The minimum Gasteiger partial charge on any atom is -0.310 e. The van der Waals surface area contributed by atoms with E-state index in [9.17, 15) is 0 Å². The fraction of sp³-hybridized carbons (Fsp3) is 0.733. The Morgan fingerprint density at radius 3 is 2.82 bits per heavy atom. The molecule has 0 radical (unpaired) electrons. The first kappa shape index (κ1) is 11.7. The van der Waals surface area contributed by atoms with Crippen molar-refractivity contribution in [3.05, 3.63) is 21.9 Å². The number of aryl methyl sites for hydroxylation is 1. The summed E-state index contributed by atoms with van der Waals surface area (Å²) in [5, 5.41) is 6.01. The molecule has 2 bridgehead atoms. The second-order valence-corrected chi connectivity index (χ2v) is 6.93. The van der Waals surface area contributed by atoms with E-state index in [1.54, 1.807) is 5.56 Å². The van der Waals surface area contributed by atoms with Crippen LogP contribution in [-0.2, 0) is 0 Å². The van der Waals surface area contributed by atoms with Crippen molar-refractivity contribution >= 4 is 11.3 Å². The standard InChI is InChI=1S/C15H23NS/c1-3-16-15(13-6-7-17-10(13)2)14-9-11-4-5-12(14)8-11/h6-7,11-12,14-16H,3-5,8-9H2,1-2H3. The van der Waals surface area contributed by atoms with Gasteiger partial charge in [-0.25, -0.2) is 0 Å². The minimum absolute atomic E-state index is 0.626. The van der Waals surface area contributed by atoms with Gasteiger partial charge in [0.1, 0.15) is 0 Å². The molecule has 0 aromatic carbocycles. The summed E-state index contributed by atoms with van der Waals surface area (Å²) in [5.74, 6) is 2.95. The Balaban J connectivity index is 1.83. The lowest BCUT2D eigenvalue weighted by Gasteiger charge is -2.31. The van der Waals surface area contributed by atoms with Crippen molar-refractivity contribution in [2.75, 3.05) is 6.54 Å². The largest absolute Gasteiger partial charge is 0.310 e. The third kappa shape index (κ3) is 2.06. The van der Waals surface area contributed by atoms with Crippen LogP contribution in [0.1, 0.15) is 49.1 Å². The highest BCUT2D eigenvalue weighted by Crippen LogP contribution is 2.53. The monoisotopic (exact) mass is 249 g/mol.